The van der Waals surface area contributed by atoms with Gasteiger partial charge in [0, 0.05) is 24.1 Å². The molecule has 2 heterocycles. The van der Waals surface area contributed by atoms with Crippen LogP contribution in [0.4, 0.5) is 5.69 Å². The second-order valence-electron chi connectivity index (χ2n) is 4.22. The molecule has 0 aliphatic heterocycles. The number of hydrogen-bond donors (Lipinski definition) is 4. The third-order valence-corrected chi connectivity index (χ3v) is 2.84. The molecule has 7 nitrogen and oxygen atoms in total. The SMILES string of the molecule is O=C(Nc1ccc2[nH]c(=O)[nH]c2c1)c1c[nH]ccc1=O. The van der Waals surface area contributed by atoms with E-state index in [-0.39, 0.29) is 16.7 Å². The normalized spacial score (nSPS) is 10.6. The number of aromatic amines is 3. The smallest absolute Gasteiger partial charge is 0.323 e. The van der Waals surface area contributed by atoms with E-state index in [1.54, 1.807) is 18.2 Å². The highest BCUT2D eigenvalue weighted by atomic mass is 16.2. The number of rotatable bonds is 2. The van der Waals surface area contributed by atoms with Crippen molar-refractivity contribution in [3.8, 4) is 0 Å². The maximum Gasteiger partial charge on any atom is 0.323 e. The van der Waals surface area contributed by atoms with Gasteiger partial charge >= 0.3 is 5.69 Å². The molecule has 0 unspecified atom stereocenters. The fraction of sp³-hybridized carbons (Fsp3) is 0. The van der Waals surface area contributed by atoms with Crippen molar-refractivity contribution in [3.63, 3.8) is 0 Å². The predicted octanol–water partition coefficient (Wildman–Crippen LogP) is 0.797. The minimum absolute atomic E-state index is 0.0233. The molecule has 0 radical (unpaired) electrons. The van der Waals surface area contributed by atoms with Gasteiger partial charge < -0.3 is 20.3 Å². The average Bonchev–Trinajstić information content (AvgIpc) is 2.78. The standard InChI is InChI=1S/C13H10N4O3/c18-11-3-4-14-6-8(11)12(19)15-7-1-2-9-10(5-7)17-13(20)16-9/h1-6H,(H,14,18)(H,15,19)(H2,16,17,20). The summed E-state index contributed by atoms with van der Waals surface area (Å²) in [6.45, 7) is 0. The highest BCUT2D eigenvalue weighted by Gasteiger charge is 2.10. The van der Waals surface area contributed by atoms with E-state index >= 15 is 0 Å². The number of carbonyl (C=O) groups excluding carboxylic acids is 1. The van der Waals surface area contributed by atoms with Crippen LogP contribution in [0.25, 0.3) is 11.0 Å². The lowest BCUT2D eigenvalue weighted by Crippen LogP contribution is -2.20. The fourth-order valence-corrected chi connectivity index (χ4v) is 1.90. The van der Waals surface area contributed by atoms with Crippen LogP contribution in [0.2, 0.25) is 0 Å². The van der Waals surface area contributed by atoms with E-state index < -0.39 is 5.91 Å². The third kappa shape index (κ3) is 2.12. The minimum Gasteiger partial charge on any atom is -0.367 e. The zero-order valence-corrected chi connectivity index (χ0v) is 10.2. The lowest BCUT2D eigenvalue weighted by molar-refractivity contribution is 0.102. The highest BCUT2D eigenvalue weighted by Crippen LogP contribution is 2.14. The van der Waals surface area contributed by atoms with E-state index in [0.717, 1.165) is 0 Å². The Labute approximate surface area is 111 Å². The number of imidazole rings is 1. The molecular formula is C13H10N4O3. The van der Waals surface area contributed by atoms with Gasteiger partial charge in [0.1, 0.15) is 5.56 Å². The van der Waals surface area contributed by atoms with E-state index in [1.165, 1.54) is 18.5 Å². The fourth-order valence-electron chi connectivity index (χ4n) is 1.90. The molecule has 4 N–H and O–H groups in total. The second kappa shape index (κ2) is 4.54. The number of amides is 1. The molecule has 20 heavy (non-hydrogen) atoms. The molecule has 1 aromatic carbocycles. The van der Waals surface area contributed by atoms with Gasteiger partial charge in [-0.25, -0.2) is 4.79 Å². The van der Waals surface area contributed by atoms with Gasteiger partial charge in [0.15, 0.2) is 5.43 Å². The van der Waals surface area contributed by atoms with Crippen LogP contribution in [0, 0.1) is 0 Å². The van der Waals surface area contributed by atoms with Gasteiger partial charge in [0.25, 0.3) is 5.91 Å². The first kappa shape index (κ1) is 12.0. The Morgan fingerprint density at radius 1 is 1.05 bits per heavy atom. The number of fused-ring (bicyclic) bond motifs is 1. The summed E-state index contributed by atoms with van der Waals surface area (Å²) in [5, 5.41) is 2.61. The number of pyridine rings is 1. The van der Waals surface area contributed by atoms with Crippen LogP contribution in [0.1, 0.15) is 10.4 Å². The molecule has 7 heteroatoms. The van der Waals surface area contributed by atoms with E-state index in [9.17, 15) is 14.4 Å². The average molecular weight is 270 g/mol. The Morgan fingerprint density at radius 2 is 1.85 bits per heavy atom. The van der Waals surface area contributed by atoms with Crippen LogP contribution in [-0.4, -0.2) is 20.9 Å². The molecule has 0 bridgehead atoms. The molecular weight excluding hydrogens is 260 g/mol. The van der Waals surface area contributed by atoms with Crippen molar-refractivity contribution in [2.24, 2.45) is 0 Å². The Kier molecular flexibility index (Phi) is 2.72. The van der Waals surface area contributed by atoms with Crippen LogP contribution in [-0.2, 0) is 0 Å². The molecule has 0 saturated heterocycles. The van der Waals surface area contributed by atoms with Gasteiger partial charge in [-0.3, -0.25) is 9.59 Å². The summed E-state index contributed by atoms with van der Waals surface area (Å²) in [7, 11) is 0. The van der Waals surface area contributed by atoms with Crippen molar-refractivity contribution in [2.75, 3.05) is 5.32 Å². The summed E-state index contributed by atoms with van der Waals surface area (Å²) in [4.78, 5) is 42.5. The summed E-state index contributed by atoms with van der Waals surface area (Å²) in [5.41, 5.74) is 1.05. The van der Waals surface area contributed by atoms with E-state index in [2.05, 4.69) is 20.3 Å². The minimum atomic E-state index is -0.510. The maximum absolute atomic E-state index is 12.0. The molecule has 0 spiro atoms. The van der Waals surface area contributed by atoms with Gasteiger partial charge in [-0.15, -0.1) is 0 Å². The Morgan fingerprint density at radius 3 is 2.65 bits per heavy atom. The summed E-state index contributed by atoms with van der Waals surface area (Å²) in [6, 6.07) is 6.20. The molecule has 100 valence electrons. The van der Waals surface area contributed by atoms with Crippen LogP contribution >= 0.6 is 0 Å². The zero-order chi connectivity index (χ0) is 14.1. The number of aromatic nitrogens is 3. The van der Waals surface area contributed by atoms with Crippen molar-refractivity contribution < 1.29 is 4.79 Å². The van der Waals surface area contributed by atoms with Crippen LogP contribution in [0.5, 0.6) is 0 Å². The molecule has 0 saturated carbocycles. The molecule has 0 atom stereocenters. The van der Waals surface area contributed by atoms with Gasteiger partial charge in [0.05, 0.1) is 11.0 Å². The van der Waals surface area contributed by atoms with Crippen molar-refractivity contribution in [2.45, 2.75) is 0 Å². The van der Waals surface area contributed by atoms with Crippen molar-refractivity contribution in [1.29, 1.82) is 0 Å². The van der Waals surface area contributed by atoms with Crippen LogP contribution in [0.3, 0.4) is 0 Å². The van der Waals surface area contributed by atoms with Gasteiger partial charge in [-0.05, 0) is 18.2 Å². The zero-order valence-electron chi connectivity index (χ0n) is 10.2. The van der Waals surface area contributed by atoms with E-state index in [4.69, 9.17) is 0 Å². The maximum atomic E-state index is 12.0. The Balaban J connectivity index is 1.93. The van der Waals surface area contributed by atoms with Gasteiger partial charge in [-0.1, -0.05) is 0 Å². The van der Waals surface area contributed by atoms with Gasteiger partial charge in [0.2, 0.25) is 0 Å². The number of anilines is 1. The highest BCUT2D eigenvalue weighted by molar-refractivity contribution is 6.04. The lowest BCUT2D eigenvalue weighted by atomic mass is 10.2. The van der Waals surface area contributed by atoms with Crippen LogP contribution in [0.15, 0.2) is 46.2 Å². The second-order valence-corrected chi connectivity index (χ2v) is 4.22. The Bertz CT molecular complexity index is 903. The first-order valence-corrected chi connectivity index (χ1v) is 5.84. The van der Waals surface area contributed by atoms with E-state index in [0.29, 0.717) is 16.7 Å². The number of hydrogen-bond acceptors (Lipinski definition) is 3. The topological polar surface area (TPSA) is 111 Å². The molecule has 0 aliphatic carbocycles. The number of carbonyl (C=O) groups is 1. The molecule has 3 aromatic rings. The summed E-state index contributed by atoms with van der Waals surface area (Å²) in [5.74, 6) is -0.510. The van der Waals surface area contributed by atoms with Gasteiger partial charge in [-0.2, -0.15) is 0 Å². The van der Waals surface area contributed by atoms with Crippen molar-refractivity contribution in [3.05, 3.63) is 62.9 Å². The first-order valence-electron chi connectivity index (χ1n) is 5.84. The molecule has 3 rings (SSSR count). The number of benzene rings is 1. The third-order valence-electron chi connectivity index (χ3n) is 2.84. The predicted molar refractivity (Wildman–Crippen MR) is 73.9 cm³/mol. The lowest BCUT2D eigenvalue weighted by Gasteiger charge is -2.04. The quantitative estimate of drug-likeness (QED) is 0.552. The molecule has 0 fully saturated rings. The summed E-state index contributed by atoms with van der Waals surface area (Å²) < 4.78 is 0. The molecule has 0 aliphatic rings. The van der Waals surface area contributed by atoms with Crippen molar-refractivity contribution in [1.82, 2.24) is 15.0 Å². The summed E-state index contributed by atoms with van der Waals surface area (Å²) >= 11 is 0. The summed E-state index contributed by atoms with van der Waals surface area (Å²) in [6.07, 6.45) is 2.80. The monoisotopic (exact) mass is 270 g/mol. The van der Waals surface area contributed by atoms with Crippen LogP contribution < -0.4 is 16.4 Å². The number of nitrogens with one attached hydrogen (secondary N) is 4. The largest absolute Gasteiger partial charge is 0.367 e. The van der Waals surface area contributed by atoms with Crippen molar-refractivity contribution >= 4 is 22.6 Å². The number of H-pyrrole nitrogens is 3. The van der Waals surface area contributed by atoms with E-state index in [1.807, 2.05) is 0 Å². The molecule has 1 amide bonds. The molecule has 2 aromatic heterocycles. The first-order chi connectivity index (χ1) is 9.63. The Hall–Kier alpha value is -3.09.